The average molecular weight is 364 g/mol. The average Bonchev–Trinajstić information content (AvgIpc) is 2.61. The second-order valence-corrected chi connectivity index (χ2v) is 6.25. The Morgan fingerprint density at radius 2 is 1.80 bits per heavy atom. The van der Waals surface area contributed by atoms with Gasteiger partial charge in [0.1, 0.15) is 6.04 Å². The van der Waals surface area contributed by atoms with Crippen LogP contribution < -0.4 is 10.6 Å². The van der Waals surface area contributed by atoms with Gasteiger partial charge in [0.05, 0.1) is 0 Å². The summed E-state index contributed by atoms with van der Waals surface area (Å²) in [5.41, 5.74) is 1.32. The van der Waals surface area contributed by atoms with Crippen LogP contribution in [0.3, 0.4) is 0 Å². The fraction of sp³-hybridized carbons (Fsp3) is 0.222. The summed E-state index contributed by atoms with van der Waals surface area (Å²) in [5, 5.41) is 5.01. The quantitative estimate of drug-likeness (QED) is 0.801. The smallest absolute Gasteiger partial charge is 0.252 e. The molecule has 132 valence electrons. The van der Waals surface area contributed by atoms with Gasteiger partial charge >= 0.3 is 0 Å². The highest BCUT2D eigenvalue weighted by molar-refractivity contribution is 7.98. The van der Waals surface area contributed by atoms with Crippen molar-refractivity contribution in [1.82, 2.24) is 10.6 Å². The Labute approximate surface area is 149 Å². The SMILES string of the molecule is CNC(=O)C(NC(=O)c1cc(SC)ccc1C)c1ccc(F)c(F)c1. The van der Waals surface area contributed by atoms with Crippen LogP contribution in [-0.2, 0) is 4.79 Å². The molecule has 1 atom stereocenters. The van der Waals surface area contributed by atoms with E-state index in [1.165, 1.54) is 24.9 Å². The molecule has 0 aliphatic carbocycles. The van der Waals surface area contributed by atoms with Gasteiger partial charge in [-0.15, -0.1) is 11.8 Å². The predicted molar refractivity (Wildman–Crippen MR) is 93.6 cm³/mol. The van der Waals surface area contributed by atoms with Crippen LogP contribution in [0.5, 0.6) is 0 Å². The molecular formula is C18H18F2N2O2S. The van der Waals surface area contributed by atoms with Gasteiger partial charge in [0.15, 0.2) is 11.6 Å². The van der Waals surface area contributed by atoms with Crippen molar-refractivity contribution in [2.45, 2.75) is 17.9 Å². The zero-order chi connectivity index (χ0) is 18.6. The first-order valence-corrected chi connectivity index (χ1v) is 8.72. The van der Waals surface area contributed by atoms with Gasteiger partial charge in [-0.25, -0.2) is 8.78 Å². The Hall–Kier alpha value is -2.41. The number of aryl methyl sites for hydroxylation is 1. The van der Waals surface area contributed by atoms with Gasteiger partial charge in [0, 0.05) is 17.5 Å². The summed E-state index contributed by atoms with van der Waals surface area (Å²) in [6.07, 6.45) is 1.89. The first-order valence-electron chi connectivity index (χ1n) is 7.49. The molecule has 0 fully saturated rings. The molecule has 0 aliphatic heterocycles. The van der Waals surface area contributed by atoms with Crippen molar-refractivity contribution in [1.29, 1.82) is 0 Å². The molecule has 2 rings (SSSR count). The van der Waals surface area contributed by atoms with Crippen molar-refractivity contribution in [3.63, 3.8) is 0 Å². The molecule has 1 unspecified atom stereocenters. The lowest BCUT2D eigenvalue weighted by atomic mass is 10.0. The first kappa shape index (κ1) is 18.9. The highest BCUT2D eigenvalue weighted by atomic mass is 32.2. The van der Waals surface area contributed by atoms with Crippen LogP contribution in [0.15, 0.2) is 41.3 Å². The van der Waals surface area contributed by atoms with Crippen LogP contribution >= 0.6 is 11.8 Å². The number of amides is 2. The summed E-state index contributed by atoms with van der Waals surface area (Å²) >= 11 is 1.49. The largest absolute Gasteiger partial charge is 0.357 e. The molecular weight excluding hydrogens is 346 g/mol. The third-order valence-corrected chi connectivity index (χ3v) is 4.48. The number of hydrogen-bond donors (Lipinski definition) is 2. The van der Waals surface area contributed by atoms with E-state index in [4.69, 9.17) is 0 Å². The van der Waals surface area contributed by atoms with Crippen molar-refractivity contribution < 1.29 is 18.4 Å². The molecule has 4 nitrogen and oxygen atoms in total. The van der Waals surface area contributed by atoms with Crippen molar-refractivity contribution in [3.05, 3.63) is 64.7 Å². The summed E-state index contributed by atoms with van der Waals surface area (Å²) in [6, 6.07) is 7.39. The minimum atomic E-state index is -1.13. The molecule has 7 heteroatoms. The zero-order valence-electron chi connectivity index (χ0n) is 14.0. The standard InChI is InChI=1S/C18H18F2N2O2S/c1-10-4-6-12(25-3)9-13(10)17(23)22-16(18(24)21-2)11-5-7-14(19)15(20)8-11/h4-9,16H,1-3H3,(H,21,24)(H,22,23). The Kier molecular flexibility index (Phi) is 6.14. The van der Waals surface area contributed by atoms with Gasteiger partial charge in [-0.1, -0.05) is 12.1 Å². The maximum absolute atomic E-state index is 13.5. The van der Waals surface area contributed by atoms with E-state index in [1.54, 1.807) is 13.0 Å². The van der Waals surface area contributed by atoms with Gasteiger partial charge in [-0.3, -0.25) is 9.59 Å². The summed E-state index contributed by atoms with van der Waals surface area (Å²) in [5.74, 6) is -3.10. The molecule has 0 spiro atoms. The molecule has 0 saturated carbocycles. The van der Waals surface area contributed by atoms with Gasteiger partial charge < -0.3 is 10.6 Å². The Morgan fingerprint density at radius 1 is 1.08 bits per heavy atom. The van der Waals surface area contributed by atoms with Crippen molar-refractivity contribution >= 4 is 23.6 Å². The van der Waals surface area contributed by atoms with E-state index in [0.29, 0.717) is 5.56 Å². The zero-order valence-corrected chi connectivity index (χ0v) is 14.8. The summed E-state index contributed by atoms with van der Waals surface area (Å²) < 4.78 is 26.7. The summed E-state index contributed by atoms with van der Waals surface area (Å²) in [7, 11) is 1.40. The molecule has 2 N–H and O–H groups in total. The second-order valence-electron chi connectivity index (χ2n) is 5.38. The van der Waals surface area contributed by atoms with Crippen LogP contribution in [0.2, 0.25) is 0 Å². The van der Waals surface area contributed by atoms with Gasteiger partial charge in [-0.05, 0) is 48.6 Å². The van der Waals surface area contributed by atoms with Crippen LogP contribution in [0.25, 0.3) is 0 Å². The molecule has 2 aromatic carbocycles. The molecule has 2 amide bonds. The minimum Gasteiger partial charge on any atom is -0.357 e. The number of carbonyl (C=O) groups excluding carboxylic acids is 2. The van der Waals surface area contributed by atoms with E-state index >= 15 is 0 Å². The molecule has 2 aromatic rings. The molecule has 0 aliphatic rings. The van der Waals surface area contributed by atoms with E-state index < -0.39 is 29.5 Å². The number of nitrogens with one attached hydrogen (secondary N) is 2. The number of hydrogen-bond acceptors (Lipinski definition) is 3. The number of thioether (sulfide) groups is 1. The lowest BCUT2D eigenvalue weighted by Gasteiger charge is -2.19. The fourth-order valence-corrected chi connectivity index (χ4v) is 2.76. The van der Waals surface area contributed by atoms with E-state index in [1.807, 2.05) is 18.4 Å². The molecule has 0 saturated heterocycles. The van der Waals surface area contributed by atoms with Crippen molar-refractivity contribution in [2.75, 3.05) is 13.3 Å². The van der Waals surface area contributed by atoms with Crippen LogP contribution in [0, 0.1) is 18.6 Å². The molecule has 25 heavy (non-hydrogen) atoms. The van der Waals surface area contributed by atoms with Crippen molar-refractivity contribution in [3.8, 4) is 0 Å². The number of likely N-dealkylation sites (N-methyl/N-ethyl adjacent to an activating group) is 1. The fourth-order valence-electron chi connectivity index (χ4n) is 2.32. The lowest BCUT2D eigenvalue weighted by molar-refractivity contribution is -0.122. The molecule has 0 bridgehead atoms. The Morgan fingerprint density at radius 3 is 2.40 bits per heavy atom. The number of benzene rings is 2. The van der Waals surface area contributed by atoms with Crippen LogP contribution in [-0.4, -0.2) is 25.1 Å². The maximum Gasteiger partial charge on any atom is 0.252 e. The van der Waals surface area contributed by atoms with E-state index in [2.05, 4.69) is 10.6 Å². The topological polar surface area (TPSA) is 58.2 Å². The van der Waals surface area contributed by atoms with Crippen molar-refractivity contribution in [2.24, 2.45) is 0 Å². The third-order valence-electron chi connectivity index (χ3n) is 3.75. The molecule has 0 aromatic heterocycles. The normalized spacial score (nSPS) is 11.7. The van der Waals surface area contributed by atoms with Gasteiger partial charge in [-0.2, -0.15) is 0 Å². The van der Waals surface area contributed by atoms with Crippen LogP contribution in [0.4, 0.5) is 8.78 Å². The van der Waals surface area contributed by atoms with Crippen LogP contribution in [0.1, 0.15) is 27.5 Å². The highest BCUT2D eigenvalue weighted by Crippen LogP contribution is 2.21. The maximum atomic E-state index is 13.5. The predicted octanol–water partition coefficient (Wildman–Crippen LogP) is 3.21. The lowest BCUT2D eigenvalue weighted by Crippen LogP contribution is -2.39. The Bertz CT molecular complexity index is 812. The minimum absolute atomic E-state index is 0.158. The molecule has 0 radical (unpaired) electrons. The summed E-state index contributed by atoms with van der Waals surface area (Å²) in [6.45, 7) is 1.78. The monoisotopic (exact) mass is 364 g/mol. The molecule has 0 heterocycles. The van der Waals surface area contributed by atoms with E-state index in [0.717, 1.165) is 22.6 Å². The third kappa shape index (κ3) is 4.36. The first-order chi connectivity index (χ1) is 11.9. The van der Waals surface area contributed by atoms with E-state index in [-0.39, 0.29) is 5.56 Å². The van der Waals surface area contributed by atoms with Gasteiger partial charge in [0.2, 0.25) is 5.91 Å². The number of carbonyl (C=O) groups is 2. The highest BCUT2D eigenvalue weighted by Gasteiger charge is 2.24. The van der Waals surface area contributed by atoms with E-state index in [9.17, 15) is 18.4 Å². The Balaban J connectivity index is 2.35. The van der Waals surface area contributed by atoms with Gasteiger partial charge in [0.25, 0.3) is 5.91 Å². The number of rotatable bonds is 5. The number of halogens is 2. The summed E-state index contributed by atoms with van der Waals surface area (Å²) in [4.78, 5) is 25.7. The second kappa shape index (κ2) is 8.11.